The van der Waals surface area contributed by atoms with Crippen LogP contribution in [0.1, 0.15) is 5.56 Å². The Morgan fingerprint density at radius 3 is 2.86 bits per heavy atom. The zero-order chi connectivity index (χ0) is 15.7. The van der Waals surface area contributed by atoms with Crippen molar-refractivity contribution in [2.45, 2.75) is 6.92 Å². The highest BCUT2D eigenvalue weighted by Crippen LogP contribution is 2.27. The van der Waals surface area contributed by atoms with Crippen LogP contribution in [0.25, 0.3) is 22.6 Å². The van der Waals surface area contributed by atoms with Crippen LogP contribution < -0.4 is 5.46 Å². The lowest BCUT2D eigenvalue weighted by Gasteiger charge is -2.02. The van der Waals surface area contributed by atoms with Gasteiger partial charge in [-0.25, -0.2) is 4.98 Å². The molecular formula is C15H11BClNO4. The van der Waals surface area contributed by atoms with E-state index in [4.69, 9.17) is 16.0 Å². The third kappa shape index (κ3) is 2.84. The predicted octanol–water partition coefficient (Wildman–Crippen LogP) is 2.32. The van der Waals surface area contributed by atoms with Gasteiger partial charge in [0.15, 0.2) is 5.58 Å². The van der Waals surface area contributed by atoms with Gasteiger partial charge >= 0.3 is 7.12 Å². The Morgan fingerprint density at radius 1 is 1.32 bits per heavy atom. The summed E-state index contributed by atoms with van der Waals surface area (Å²) in [5.41, 5.74) is 3.30. The summed E-state index contributed by atoms with van der Waals surface area (Å²) >= 11 is 6.05. The Kier molecular flexibility index (Phi) is 3.87. The van der Waals surface area contributed by atoms with E-state index >= 15 is 0 Å². The Hall–Kier alpha value is -2.31. The molecule has 1 aromatic heterocycles. The van der Waals surface area contributed by atoms with Crippen LogP contribution in [0.2, 0.25) is 5.02 Å². The average molecular weight is 316 g/mol. The highest BCUT2D eigenvalue weighted by molar-refractivity contribution is 6.61. The lowest BCUT2D eigenvalue weighted by molar-refractivity contribution is -0.121. The molecule has 0 aliphatic carbocycles. The maximum atomic E-state index is 10.3. The van der Waals surface area contributed by atoms with Crippen molar-refractivity contribution in [2.24, 2.45) is 0 Å². The zero-order valence-electron chi connectivity index (χ0n) is 11.6. The summed E-state index contributed by atoms with van der Waals surface area (Å²) < 4.78 is 10.2. The molecule has 0 radical (unpaired) electrons. The van der Waals surface area contributed by atoms with Crippen LogP contribution in [0.3, 0.4) is 0 Å². The number of rotatable bonds is 4. The van der Waals surface area contributed by atoms with Gasteiger partial charge in [-0.05, 0) is 42.8 Å². The molecule has 110 valence electrons. The van der Waals surface area contributed by atoms with Gasteiger partial charge in [-0.3, -0.25) is 4.79 Å². The van der Waals surface area contributed by atoms with E-state index in [0.717, 1.165) is 11.1 Å². The summed E-state index contributed by atoms with van der Waals surface area (Å²) in [7, 11) is -1.33. The summed E-state index contributed by atoms with van der Waals surface area (Å²) in [5, 5.41) is 10.2. The number of aromatic nitrogens is 1. The predicted molar refractivity (Wildman–Crippen MR) is 83.9 cm³/mol. The summed E-state index contributed by atoms with van der Waals surface area (Å²) in [6.07, 6.45) is 0. The number of aryl methyl sites for hydroxylation is 1. The van der Waals surface area contributed by atoms with Gasteiger partial charge in [0, 0.05) is 16.0 Å². The molecule has 0 aliphatic rings. The molecule has 1 heterocycles. The second kappa shape index (κ2) is 5.83. The van der Waals surface area contributed by atoms with Gasteiger partial charge in [-0.2, -0.15) is 0 Å². The number of nitrogens with zero attached hydrogens (tertiary/aromatic N) is 1. The molecule has 0 saturated heterocycles. The standard InChI is InChI=1S/C15H11BClNO4/c1-9-4-10(6-12(17)5-9)15-18-13-3-2-11(7-14(13)22-15)16(20)21-8-19/h2-8,20H,1H3. The first-order chi connectivity index (χ1) is 10.6. The largest absolute Gasteiger partial charge is 0.561 e. The number of carbonyl (C=O) groups is 1. The maximum Gasteiger partial charge on any atom is 0.561 e. The summed E-state index contributed by atoms with van der Waals surface area (Å²) in [6, 6.07) is 10.4. The second-order valence-corrected chi connectivity index (χ2v) is 5.28. The number of oxazole rings is 1. The zero-order valence-corrected chi connectivity index (χ0v) is 12.4. The van der Waals surface area contributed by atoms with Gasteiger partial charge in [-0.15, -0.1) is 0 Å². The highest BCUT2D eigenvalue weighted by Gasteiger charge is 2.19. The van der Waals surface area contributed by atoms with E-state index in [1.165, 1.54) is 0 Å². The summed E-state index contributed by atoms with van der Waals surface area (Å²) in [5.74, 6) is 0.434. The number of hydrogen-bond acceptors (Lipinski definition) is 5. The van der Waals surface area contributed by atoms with Gasteiger partial charge < -0.3 is 14.1 Å². The Morgan fingerprint density at radius 2 is 2.14 bits per heavy atom. The van der Waals surface area contributed by atoms with Crippen molar-refractivity contribution in [3.05, 3.63) is 47.0 Å². The molecule has 3 aromatic rings. The number of halogens is 1. The molecule has 5 nitrogen and oxygen atoms in total. The molecule has 0 unspecified atom stereocenters. The van der Waals surface area contributed by atoms with Gasteiger partial charge in [0.1, 0.15) is 5.52 Å². The van der Waals surface area contributed by atoms with Crippen LogP contribution in [0.5, 0.6) is 0 Å². The quantitative estimate of drug-likeness (QED) is 0.591. The van der Waals surface area contributed by atoms with Crippen molar-refractivity contribution < 1.29 is 18.9 Å². The second-order valence-electron chi connectivity index (χ2n) is 4.85. The van der Waals surface area contributed by atoms with Crippen molar-refractivity contribution >= 4 is 41.8 Å². The fourth-order valence-electron chi connectivity index (χ4n) is 2.21. The Labute approximate surface area is 131 Å². The fourth-order valence-corrected chi connectivity index (χ4v) is 2.50. The smallest absolute Gasteiger partial charge is 0.508 e. The van der Waals surface area contributed by atoms with Crippen LogP contribution in [-0.2, 0) is 9.45 Å². The van der Waals surface area contributed by atoms with E-state index in [9.17, 15) is 9.82 Å². The average Bonchev–Trinajstić information content (AvgIpc) is 2.89. The SMILES string of the molecule is Cc1cc(Cl)cc(-c2nc3ccc(B(O)OC=O)cc3o2)c1. The van der Waals surface area contributed by atoms with Gasteiger partial charge in [0.05, 0.1) is 0 Å². The first kappa shape index (κ1) is 14.6. The minimum Gasteiger partial charge on any atom is -0.508 e. The molecule has 0 amide bonds. The molecule has 1 N–H and O–H groups in total. The molecule has 0 aliphatic heterocycles. The first-order valence-corrected chi connectivity index (χ1v) is 6.90. The molecule has 3 rings (SSSR count). The molecule has 7 heteroatoms. The van der Waals surface area contributed by atoms with Crippen molar-refractivity contribution in [3.8, 4) is 11.5 Å². The van der Waals surface area contributed by atoms with Crippen molar-refractivity contribution in [1.82, 2.24) is 4.98 Å². The van der Waals surface area contributed by atoms with E-state index in [0.29, 0.717) is 27.5 Å². The van der Waals surface area contributed by atoms with Crippen molar-refractivity contribution in [1.29, 1.82) is 0 Å². The normalized spacial score (nSPS) is 10.7. The maximum absolute atomic E-state index is 10.3. The molecule has 0 atom stereocenters. The van der Waals surface area contributed by atoms with Crippen LogP contribution in [0.15, 0.2) is 40.8 Å². The van der Waals surface area contributed by atoms with Gasteiger partial charge in [0.25, 0.3) is 6.47 Å². The van der Waals surface area contributed by atoms with Crippen LogP contribution >= 0.6 is 11.6 Å². The van der Waals surface area contributed by atoms with E-state index in [1.54, 1.807) is 24.3 Å². The molecule has 0 saturated carbocycles. The molecule has 0 spiro atoms. The fraction of sp³-hybridized carbons (Fsp3) is 0.0667. The summed E-state index contributed by atoms with van der Waals surface area (Å²) in [6.45, 7) is 2.12. The van der Waals surface area contributed by atoms with E-state index in [1.807, 2.05) is 19.1 Å². The number of carbonyl (C=O) groups excluding carboxylic acids is 1. The van der Waals surface area contributed by atoms with Crippen molar-refractivity contribution in [3.63, 3.8) is 0 Å². The third-order valence-electron chi connectivity index (χ3n) is 3.17. The number of hydrogen-bond donors (Lipinski definition) is 1. The highest BCUT2D eigenvalue weighted by atomic mass is 35.5. The van der Waals surface area contributed by atoms with Crippen LogP contribution in [-0.4, -0.2) is 23.6 Å². The Balaban J connectivity index is 2.04. The topological polar surface area (TPSA) is 72.6 Å². The first-order valence-electron chi connectivity index (χ1n) is 6.52. The van der Waals surface area contributed by atoms with Gasteiger partial charge in [-0.1, -0.05) is 17.7 Å². The Bertz CT molecular complexity index is 828. The molecule has 0 fully saturated rings. The van der Waals surface area contributed by atoms with E-state index in [-0.39, 0.29) is 6.47 Å². The lowest BCUT2D eigenvalue weighted by atomic mass is 9.80. The molecule has 2 aromatic carbocycles. The number of fused-ring (bicyclic) bond motifs is 1. The van der Waals surface area contributed by atoms with Gasteiger partial charge in [0.2, 0.25) is 5.89 Å². The van der Waals surface area contributed by atoms with Crippen LogP contribution in [0.4, 0.5) is 0 Å². The molecule has 22 heavy (non-hydrogen) atoms. The monoisotopic (exact) mass is 315 g/mol. The molecular weight excluding hydrogens is 304 g/mol. The van der Waals surface area contributed by atoms with Crippen LogP contribution in [0, 0.1) is 6.92 Å². The minimum absolute atomic E-state index is 0.190. The minimum atomic E-state index is -1.33. The third-order valence-corrected chi connectivity index (χ3v) is 3.39. The summed E-state index contributed by atoms with van der Waals surface area (Å²) in [4.78, 5) is 14.7. The molecule has 0 bridgehead atoms. The number of benzene rings is 2. The van der Waals surface area contributed by atoms with E-state index < -0.39 is 7.12 Å². The van der Waals surface area contributed by atoms with E-state index in [2.05, 4.69) is 9.64 Å². The van der Waals surface area contributed by atoms with Crippen molar-refractivity contribution in [2.75, 3.05) is 0 Å². The lowest BCUT2D eigenvalue weighted by Crippen LogP contribution is -2.32.